The predicted molar refractivity (Wildman–Crippen MR) is 78.8 cm³/mol. The molecule has 1 aromatic rings. The summed E-state index contributed by atoms with van der Waals surface area (Å²) >= 11 is 0. The van der Waals surface area contributed by atoms with E-state index in [1.54, 1.807) is 0 Å². The predicted octanol–water partition coefficient (Wildman–Crippen LogP) is 4.48. The molecule has 0 heterocycles. The molecule has 1 aromatic carbocycles. The van der Waals surface area contributed by atoms with Crippen LogP contribution in [0.3, 0.4) is 0 Å². The smallest absolute Gasteiger partial charge is 0.0348 e. The Hall–Kier alpha value is -0.820. The van der Waals surface area contributed by atoms with E-state index in [0.29, 0.717) is 6.04 Å². The van der Waals surface area contributed by atoms with Gasteiger partial charge in [-0.25, -0.2) is 0 Å². The molecular formula is C17H27N. The van der Waals surface area contributed by atoms with E-state index in [2.05, 4.69) is 43.4 Å². The van der Waals surface area contributed by atoms with Gasteiger partial charge in [0.25, 0.3) is 0 Å². The Morgan fingerprint density at radius 1 is 1.22 bits per heavy atom. The van der Waals surface area contributed by atoms with Crippen molar-refractivity contribution in [3.8, 4) is 0 Å². The molecule has 18 heavy (non-hydrogen) atoms. The molecule has 100 valence electrons. The summed E-state index contributed by atoms with van der Waals surface area (Å²) in [7, 11) is 0. The molecule has 0 aromatic heterocycles. The molecule has 1 N–H and O–H groups in total. The minimum Gasteiger partial charge on any atom is -0.310 e. The molecule has 0 bridgehead atoms. The fourth-order valence-corrected chi connectivity index (χ4v) is 3.30. The minimum atomic E-state index is 0.578. The Balaban J connectivity index is 2.15. The molecule has 0 aliphatic heterocycles. The van der Waals surface area contributed by atoms with Gasteiger partial charge in [0.15, 0.2) is 0 Å². The van der Waals surface area contributed by atoms with Crippen molar-refractivity contribution < 1.29 is 0 Å². The van der Waals surface area contributed by atoms with Crippen LogP contribution in [0.5, 0.6) is 0 Å². The van der Waals surface area contributed by atoms with Gasteiger partial charge in [-0.05, 0) is 42.9 Å². The lowest BCUT2D eigenvalue weighted by molar-refractivity contribution is 0.374. The van der Waals surface area contributed by atoms with E-state index in [1.165, 1.54) is 49.7 Å². The van der Waals surface area contributed by atoms with Crippen molar-refractivity contribution in [1.82, 2.24) is 5.32 Å². The quantitative estimate of drug-likeness (QED) is 0.779. The third-order valence-corrected chi connectivity index (χ3v) is 4.14. The van der Waals surface area contributed by atoms with Crippen LogP contribution >= 0.6 is 0 Å². The number of benzene rings is 1. The number of hydrogen-bond acceptors (Lipinski definition) is 1. The summed E-state index contributed by atoms with van der Waals surface area (Å²) in [5.74, 6) is 0.849. The summed E-state index contributed by atoms with van der Waals surface area (Å²) in [6.07, 6.45) is 8.07. The van der Waals surface area contributed by atoms with Crippen molar-refractivity contribution in [3.63, 3.8) is 0 Å². The summed E-state index contributed by atoms with van der Waals surface area (Å²) in [6, 6.07) is 9.82. The van der Waals surface area contributed by atoms with Gasteiger partial charge in [-0.2, -0.15) is 0 Å². The molecule has 1 fully saturated rings. The molecule has 1 nitrogen and oxygen atoms in total. The summed E-state index contributed by atoms with van der Waals surface area (Å²) in [4.78, 5) is 0. The van der Waals surface area contributed by atoms with Gasteiger partial charge in [0.2, 0.25) is 0 Å². The van der Waals surface area contributed by atoms with Crippen LogP contribution in [0.25, 0.3) is 0 Å². The second-order valence-electron chi connectivity index (χ2n) is 5.57. The van der Waals surface area contributed by atoms with Gasteiger partial charge in [0, 0.05) is 6.04 Å². The summed E-state index contributed by atoms with van der Waals surface area (Å²) in [6.45, 7) is 5.54. The van der Waals surface area contributed by atoms with Crippen LogP contribution in [0.15, 0.2) is 24.3 Å². The Kier molecular flexibility index (Phi) is 5.25. The first-order valence-electron chi connectivity index (χ1n) is 7.67. The lowest BCUT2D eigenvalue weighted by Gasteiger charge is -2.25. The fourth-order valence-electron chi connectivity index (χ4n) is 3.30. The number of aryl methyl sites for hydroxylation is 1. The Bertz CT molecular complexity index is 352. The van der Waals surface area contributed by atoms with Crippen LogP contribution in [-0.4, -0.2) is 6.54 Å². The van der Waals surface area contributed by atoms with Crippen LogP contribution in [0.1, 0.15) is 63.1 Å². The van der Waals surface area contributed by atoms with Crippen LogP contribution in [0.4, 0.5) is 0 Å². The van der Waals surface area contributed by atoms with Crippen molar-refractivity contribution >= 4 is 0 Å². The molecule has 0 amide bonds. The molecule has 1 heteroatoms. The zero-order valence-electron chi connectivity index (χ0n) is 11.9. The van der Waals surface area contributed by atoms with E-state index in [4.69, 9.17) is 0 Å². The first kappa shape index (κ1) is 13.6. The van der Waals surface area contributed by atoms with Gasteiger partial charge in [-0.15, -0.1) is 0 Å². The molecule has 1 aliphatic carbocycles. The summed E-state index contributed by atoms with van der Waals surface area (Å²) in [5, 5.41) is 3.71. The third kappa shape index (κ3) is 3.35. The third-order valence-electron chi connectivity index (χ3n) is 4.14. The first-order chi connectivity index (χ1) is 8.85. The normalized spacial score (nSPS) is 18.1. The fraction of sp³-hybridized carbons (Fsp3) is 0.647. The van der Waals surface area contributed by atoms with Crippen LogP contribution in [0, 0.1) is 5.92 Å². The van der Waals surface area contributed by atoms with Gasteiger partial charge in [0.05, 0.1) is 0 Å². The van der Waals surface area contributed by atoms with Crippen molar-refractivity contribution in [1.29, 1.82) is 0 Å². The zero-order valence-corrected chi connectivity index (χ0v) is 11.9. The van der Waals surface area contributed by atoms with Gasteiger partial charge in [-0.3, -0.25) is 0 Å². The lowest BCUT2D eigenvalue weighted by atomic mass is 9.90. The molecule has 0 radical (unpaired) electrons. The topological polar surface area (TPSA) is 12.0 Å². The SMILES string of the molecule is CCCc1cccc(C(NCC)C2CCCC2)c1. The largest absolute Gasteiger partial charge is 0.310 e. The van der Waals surface area contributed by atoms with E-state index in [1.807, 2.05) is 0 Å². The highest BCUT2D eigenvalue weighted by atomic mass is 14.9. The van der Waals surface area contributed by atoms with E-state index in [9.17, 15) is 0 Å². The van der Waals surface area contributed by atoms with Gasteiger partial charge >= 0.3 is 0 Å². The maximum Gasteiger partial charge on any atom is 0.0348 e. The monoisotopic (exact) mass is 245 g/mol. The van der Waals surface area contributed by atoms with Crippen molar-refractivity contribution in [2.75, 3.05) is 6.54 Å². The van der Waals surface area contributed by atoms with E-state index in [-0.39, 0.29) is 0 Å². The van der Waals surface area contributed by atoms with Gasteiger partial charge in [0.1, 0.15) is 0 Å². The Morgan fingerprint density at radius 3 is 2.67 bits per heavy atom. The first-order valence-corrected chi connectivity index (χ1v) is 7.67. The van der Waals surface area contributed by atoms with E-state index < -0.39 is 0 Å². The molecular weight excluding hydrogens is 218 g/mol. The maximum atomic E-state index is 3.71. The molecule has 0 saturated heterocycles. The molecule has 2 rings (SSSR count). The minimum absolute atomic E-state index is 0.578. The van der Waals surface area contributed by atoms with E-state index >= 15 is 0 Å². The van der Waals surface area contributed by atoms with E-state index in [0.717, 1.165) is 12.5 Å². The Labute approximate surface area is 112 Å². The van der Waals surface area contributed by atoms with Crippen molar-refractivity contribution in [3.05, 3.63) is 35.4 Å². The number of nitrogens with one attached hydrogen (secondary N) is 1. The summed E-state index contributed by atoms with van der Waals surface area (Å²) in [5.41, 5.74) is 3.01. The average molecular weight is 245 g/mol. The molecule has 1 saturated carbocycles. The second kappa shape index (κ2) is 6.94. The van der Waals surface area contributed by atoms with Crippen LogP contribution < -0.4 is 5.32 Å². The summed E-state index contributed by atoms with van der Waals surface area (Å²) < 4.78 is 0. The second-order valence-corrected chi connectivity index (χ2v) is 5.57. The van der Waals surface area contributed by atoms with Crippen LogP contribution in [-0.2, 0) is 6.42 Å². The number of rotatable bonds is 6. The van der Waals surface area contributed by atoms with Gasteiger partial charge in [-0.1, -0.05) is 57.4 Å². The van der Waals surface area contributed by atoms with Gasteiger partial charge < -0.3 is 5.32 Å². The highest BCUT2D eigenvalue weighted by Crippen LogP contribution is 2.35. The van der Waals surface area contributed by atoms with Crippen LogP contribution in [0.2, 0.25) is 0 Å². The molecule has 1 unspecified atom stereocenters. The zero-order chi connectivity index (χ0) is 12.8. The average Bonchev–Trinajstić information content (AvgIpc) is 2.90. The highest BCUT2D eigenvalue weighted by Gasteiger charge is 2.25. The molecule has 1 atom stereocenters. The lowest BCUT2D eigenvalue weighted by Crippen LogP contribution is -2.27. The molecule has 1 aliphatic rings. The van der Waals surface area contributed by atoms with Crippen molar-refractivity contribution in [2.24, 2.45) is 5.92 Å². The highest BCUT2D eigenvalue weighted by molar-refractivity contribution is 5.27. The number of hydrogen-bond donors (Lipinski definition) is 1. The Morgan fingerprint density at radius 2 is 2.00 bits per heavy atom. The standard InChI is InChI=1S/C17H27N/c1-3-8-14-9-7-12-16(13-14)17(18-4-2)15-10-5-6-11-15/h7,9,12-13,15,17-18H,3-6,8,10-11H2,1-2H3. The molecule has 0 spiro atoms. The van der Waals surface area contributed by atoms with Crippen molar-refractivity contribution in [2.45, 2.75) is 58.4 Å². The maximum absolute atomic E-state index is 3.71.